The van der Waals surface area contributed by atoms with E-state index in [-0.39, 0.29) is 5.92 Å². The van der Waals surface area contributed by atoms with Crippen molar-refractivity contribution in [3.63, 3.8) is 0 Å². The van der Waals surface area contributed by atoms with E-state index in [1.54, 1.807) is 0 Å². The van der Waals surface area contributed by atoms with Gasteiger partial charge >= 0.3 is 0 Å². The third kappa shape index (κ3) is 1.82. The summed E-state index contributed by atoms with van der Waals surface area (Å²) in [6.07, 6.45) is 0.944. The first-order valence-electron chi connectivity index (χ1n) is 6.30. The Bertz CT molecular complexity index is 677. The molecule has 0 bridgehead atoms. The smallest absolute Gasteiger partial charge is 0.293 e. The van der Waals surface area contributed by atoms with Gasteiger partial charge in [-0.3, -0.25) is 0 Å². The van der Waals surface area contributed by atoms with Crippen LogP contribution in [0.25, 0.3) is 22.6 Å². The van der Waals surface area contributed by atoms with Gasteiger partial charge in [0.2, 0.25) is 0 Å². The second kappa shape index (κ2) is 4.20. The van der Waals surface area contributed by atoms with Crippen molar-refractivity contribution in [2.75, 3.05) is 13.2 Å². The minimum atomic E-state index is 0.238. The maximum atomic E-state index is 5.70. The van der Waals surface area contributed by atoms with E-state index in [0.29, 0.717) is 24.1 Å². The van der Waals surface area contributed by atoms with Gasteiger partial charge in [0.15, 0.2) is 11.6 Å². The molecule has 5 heteroatoms. The molecule has 2 aromatic heterocycles. The van der Waals surface area contributed by atoms with Gasteiger partial charge in [-0.25, -0.2) is 0 Å². The van der Waals surface area contributed by atoms with Crippen molar-refractivity contribution in [2.24, 2.45) is 0 Å². The molecule has 1 aliphatic heterocycles. The molecular formula is C14H12N2O3. The van der Waals surface area contributed by atoms with Crippen molar-refractivity contribution < 1.29 is 13.7 Å². The first kappa shape index (κ1) is 10.8. The Morgan fingerprint density at radius 1 is 1.21 bits per heavy atom. The quantitative estimate of drug-likeness (QED) is 0.705. The molecule has 1 aromatic carbocycles. The second-order valence-corrected chi connectivity index (χ2v) is 4.67. The summed E-state index contributed by atoms with van der Waals surface area (Å²) >= 11 is 0. The Morgan fingerprint density at radius 3 is 3.00 bits per heavy atom. The number of benzene rings is 1. The molecule has 1 atom stereocenters. The summed E-state index contributed by atoms with van der Waals surface area (Å²) in [5.41, 5.74) is 0.821. The number of para-hydroxylation sites is 1. The van der Waals surface area contributed by atoms with Crippen molar-refractivity contribution in [3.05, 3.63) is 36.2 Å². The predicted octanol–water partition coefficient (Wildman–Crippen LogP) is 2.99. The molecule has 0 N–H and O–H groups in total. The number of furan rings is 1. The number of fused-ring (bicyclic) bond motifs is 1. The number of aromatic nitrogens is 2. The first-order chi connectivity index (χ1) is 9.40. The molecule has 0 saturated carbocycles. The Hall–Kier alpha value is -2.14. The zero-order chi connectivity index (χ0) is 12.7. The highest BCUT2D eigenvalue weighted by atomic mass is 16.5. The number of hydrogen-bond acceptors (Lipinski definition) is 5. The van der Waals surface area contributed by atoms with Crippen molar-refractivity contribution in [1.82, 2.24) is 10.1 Å². The molecular weight excluding hydrogens is 244 g/mol. The van der Waals surface area contributed by atoms with Gasteiger partial charge < -0.3 is 13.7 Å². The van der Waals surface area contributed by atoms with Crippen LogP contribution in [0, 0.1) is 0 Å². The van der Waals surface area contributed by atoms with Crippen LogP contribution in [-0.4, -0.2) is 23.4 Å². The maximum Gasteiger partial charge on any atom is 0.293 e. The minimum Gasteiger partial charge on any atom is -0.451 e. The molecule has 96 valence electrons. The molecule has 4 rings (SSSR count). The highest BCUT2D eigenvalue weighted by Crippen LogP contribution is 2.29. The van der Waals surface area contributed by atoms with Crippen LogP contribution in [-0.2, 0) is 4.74 Å². The van der Waals surface area contributed by atoms with Gasteiger partial charge in [-0.2, -0.15) is 4.98 Å². The van der Waals surface area contributed by atoms with E-state index in [9.17, 15) is 0 Å². The van der Waals surface area contributed by atoms with Gasteiger partial charge in [-0.05, 0) is 18.6 Å². The summed E-state index contributed by atoms with van der Waals surface area (Å²) in [7, 11) is 0. The molecule has 3 aromatic rings. The van der Waals surface area contributed by atoms with Crippen LogP contribution in [0.2, 0.25) is 0 Å². The topological polar surface area (TPSA) is 61.3 Å². The fraction of sp³-hybridized carbons (Fsp3) is 0.286. The molecule has 1 fully saturated rings. The van der Waals surface area contributed by atoms with Gasteiger partial charge in [-0.15, -0.1) is 0 Å². The Labute approximate surface area is 109 Å². The zero-order valence-electron chi connectivity index (χ0n) is 10.2. The van der Waals surface area contributed by atoms with Crippen molar-refractivity contribution in [2.45, 2.75) is 12.3 Å². The molecule has 1 saturated heterocycles. The molecule has 1 unspecified atom stereocenters. The molecule has 0 amide bonds. The third-order valence-electron chi connectivity index (χ3n) is 3.37. The number of ether oxygens (including phenoxy) is 1. The molecule has 19 heavy (non-hydrogen) atoms. The fourth-order valence-corrected chi connectivity index (χ4v) is 2.33. The van der Waals surface area contributed by atoms with Crippen LogP contribution < -0.4 is 0 Å². The maximum absolute atomic E-state index is 5.70. The standard InChI is InChI=1S/C14H12N2O3/c1-2-4-11-9(3-1)7-12(18-11)14-15-13(16-19-14)10-5-6-17-8-10/h1-4,7,10H,5-6,8H2. The summed E-state index contributed by atoms with van der Waals surface area (Å²) in [6.45, 7) is 1.43. The van der Waals surface area contributed by atoms with E-state index in [1.165, 1.54) is 0 Å². The summed E-state index contributed by atoms with van der Waals surface area (Å²) in [5, 5.41) is 5.05. The predicted molar refractivity (Wildman–Crippen MR) is 67.7 cm³/mol. The Kier molecular flexibility index (Phi) is 2.38. The lowest BCUT2D eigenvalue weighted by Crippen LogP contribution is -1.99. The minimum absolute atomic E-state index is 0.238. The molecule has 0 aliphatic carbocycles. The monoisotopic (exact) mass is 256 g/mol. The van der Waals surface area contributed by atoms with Gasteiger partial charge in [-0.1, -0.05) is 23.4 Å². The molecule has 1 aliphatic rings. The van der Waals surface area contributed by atoms with Crippen LogP contribution in [0.1, 0.15) is 18.2 Å². The Balaban J connectivity index is 1.71. The summed E-state index contributed by atoms with van der Waals surface area (Å²) in [5.74, 6) is 1.98. The van der Waals surface area contributed by atoms with Crippen LogP contribution in [0.15, 0.2) is 39.3 Å². The van der Waals surface area contributed by atoms with E-state index in [2.05, 4.69) is 10.1 Å². The third-order valence-corrected chi connectivity index (χ3v) is 3.37. The highest BCUT2D eigenvalue weighted by molar-refractivity contribution is 5.81. The largest absolute Gasteiger partial charge is 0.451 e. The molecule has 0 spiro atoms. The SMILES string of the molecule is c1ccc2oc(-c3nc(C4CCOC4)no3)cc2c1. The van der Waals surface area contributed by atoms with Crippen LogP contribution in [0.5, 0.6) is 0 Å². The van der Waals surface area contributed by atoms with Crippen molar-refractivity contribution >= 4 is 11.0 Å². The lowest BCUT2D eigenvalue weighted by atomic mass is 10.1. The number of hydrogen-bond donors (Lipinski definition) is 0. The van der Waals surface area contributed by atoms with E-state index in [0.717, 1.165) is 24.0 Å². The first-order valence-corrected chi connectivity index (χ1v) is 6.30. The van der Waals surface area contributed by atoms with Crippen LogP contribution in [0.3, 0.4) is 0 Å². The van der Waals surface area contributed by atoms with E-state index >= 15 is 0 Å². The van der Waals surface area contributed by atoms with Gasteiger partial charge in [0.1, 0.15) is 5.58 Å². The van der Waals surface area contributed by atoms with Crippen molar-refractivity contribution in [3.8, 4) is 11.7 Å². The average molecular weight is 256 g/mol. The van der Waals surface area contributed by atoms with E-state index in [1.807, 2.05) is 30.3 Å². The summed E-state index contributed by atoms with van der Waals surface area (Å²) in [4.78, 5) is 4.41. The van der Waals surface area contributed by atoms with Gasteiger partial charge in [0, 0.05) is 17.9 Å². The van der Waals surface area contributed by atoms with Crippen LogP contribution >= 0.6 is 0 Å². The molecule has 3 heterocycles. The zero-order valence-corrected chi connectivity index (χ0v) is 10.2. The van der Waals surface area contributed by atoms with E-state index in [4.69, 9.17) is 13.7 Å². The highest BCUT2D eigenvalue weighted by Gasteiger charge is 2.24. The van der Waals surface area contributed by atoms with Crippen LogP contribution in [0.4, 0.5) is 0 Å². The molecule has 0 radical (unpaired) electrons. The second-order valence-electron chi connectivity index (χ2n) is 4.67. The lowest BCUT2D eigenvalue weighted by molar-refractivity contribution is 0.192. The number of rotatable bonds is 2. The van der Waals surface area contributed by atoms with E-state index < -0.39 is 0 Å². The number of nitrogens with zero attached hydrogens (tertiary/aromatic N) is 2. The van der Waals surface area contributed by atoms with Crippen molar-refractivity contribution in [1.29, 1.82) is 0 Å². The normalized spacial score (nSPS) is 19.3. The summed E-state index contributed by atoms with van der Waals surface area (Å²) in [6, 6.07) is 9.73. The Morgan fingerprint density at radius 2 is 2.16 bits per heavy atom. The van der Waals surface area contributed by atoms with Gasteiger partial charge in [0.25, 0.3) is 5.89 Å². The summed E-state index contributed by atoms with van der Waals surface area (Å²) < 4.78 is 16.3. The van der Waals surface area contributed by atoms with Gasteiger partial charge in [0.05, 0.1) is 6.61 Å². The molecule has 5 nitrogen and oxygen atoms in total. The fourth-order valence-electron chi connectivity index (χ4n) is 2.33. The average Bonchev–Trinajstić information content (AvgIpc) is 3.17. The lowest BCUT2D eigenvalue weighted by Gasteiger charge is -1.97.